The third-order valence-electron chi connectivity index (χ3n) is 4.05. The average molecular weight is 385 g/mol. The van der Waals surface area contributed by atoms with E-state index in [0.29, 0.717) is 24.2 Å². The van der Waals surface area contributed by atoms with Gasteiger partial charge < -0.3 is 5.32 Å². The molecule has 0 saturated carbocycles. The van der Waals surface area contributed by atoms with Gasteiger partial charge in [0.15, 0.2) is 0 Å². The molecule has 0 bridgehead atoms. The normalized spacial score (nSPS) is 11.1. The molecule has 0 spiro atoms. The maximum absolute atomic E-state index is 12.1. The maximum Gasteiger partial charge on any atom is 0.225 e. The Bertz CT molecular complexity index is 906. The quantitative estimate of drug-likeness (QED) is 0.719. The van der Waals surface area contributed by atoms with Crippen molar-refractivity contribution in [2.45, 2.75) is 19.3 Å². The molecule has 2 aromatic carbocycles. The lowest BCUT2D eigenvalue weighted by Crippen LogP contribution is -2.34. The van der Waals surface area contributed by atoms with Gasteiger partial charge in [-0.15, -0.1) is 0 Å². The van der Waals surface area contributed by atoms with E-state index in [9.17, 15) is 13.2 Å². The zero-order valence-corrected chi connectivity index (χ0v) is 16.1. The molecule has 0 fully saturated rings. The van der Waals surface area contributed by atoms with Crippen LogP contribution < -0.4 is 5.32 Å². The van der Waals surface area contributed by atoms with E-state index in [-0.39, 0.29) is 18.9 Å². The zero-order chi connectivity index (χ0) is 19.7. The highest BCUT2D eigenvalue weighted by Crippen LogP contribution is 2.11. The Hall–Kier alpha value is -2.69. The molecule has 0 aliphatic carbocycles. The van der Waals surface area contributed by atoms with Crippen LogP contribution >= 0.6 is 0 Å². The molecule has 0 saturated heterocycles. The highest BCUT2D eigenvalue weighted by Gasteiger charge is 2.17. The Morgan fingerprint density at radius 3 is 2.52 bits per heavy atom. The fourth-order valence-corrected chi connectivity index (χ4v) is 3.55. The van der Waals surface area contributed by atoms with E-state index in [1.807, 2.05) is 36.4 Å². The number of hydrogen-bond donors (Lipinski definition) is 1. The molecule has 0 aliphatic rings. The first kappa shape index (κ1) is 20.6. The topological polar surface area (TPSA) is 90.3 Å². The number of aryl methyl sites for hydroxylation is 1. The van der Waals surface area contributed by atoms with Gasteiger partial charge in [0.2, 0.25) is 15.9 Å². The number of carbonyl (C=O) groups excluding carboxylic acids is 1. The summed E-state index contributed by atoms with van der Waals surface area (Å²) >= 11 is 0. The number of benzene rings is 2. The molecule has 2 rings (SSSR count). The molecule has 6 nitrogen and oxygen atoms in total. The van der Waals surface area contributed by atoms with Crippen LogP contribution in [0.4, 0.5) is 5.69 Å². The monoisotopic (exact) mass is 385 g/mol. The van der Waals surface area contributed by atoms with Crippen molar-refractivity contribution in [3.8, 4) is 6.07 Å². The van der Waals surface area contributed by atoms with Crippen LogP contribution in [0.1, 0.15) is 24.0 Å². The number of rotatable bonds is 9. The van der Waals surface area contributed by atoms with Gasteiger partial charge in [0, 0.05) is 25.2 Å². The molecular weight excluding hydrogens is 362 g/mol. The summed E-state index contributed by atoms with van der Waals surface area (Å²) in [5.41, 5.74) is 2.13. The second-order valence-corrected chi connectivity index (χ2v) is 8.22. The summed E-state index contributed by atoms with van der Waals surface area (Å²) in [6.07, 6.45) is 2.67. The van der Waals surface area contributed by atoms with E-state index in [4.69, 9.17) is 5.26 Å². The van der Waals surface area contributed by atoms with E-state index in [2.05, 4.69) is 5.32 Å². The largest absolute Gasteiger partial charge is 0.326 e. The van der Waals surface area contributed by atoms with Crippen LogP contribution in [0.2, 0.25) is 0 Å². The summed E-state index contributed by atoms with van der Waals surface area (Å²) in [6.45, 7) is 0.488. The van der Waals surface area contributed by atoms with Gasteiger partial charge in [0.05, 0.1) is 17.9 Å². The summed E-state index contributed by atoms with van der Waals surface area (Å²) < 4.78 is 25.3. The first-order valence-electron chi connectivity index (χ1n) is 8.67. The molecule has 7 heteroatoms. The lowest BCUT2D eigenvalue weighted by Gasteiger charge is -2.19. The van der Waals surface area contributed by atoms with Gasteiger partial charge in [-0.25, -0.2) is 12.7 Å². The number of nitrogens with one attached hydrogen (secondary N) is 1. The van der Waals surface area contributed by atoms with E-state index in [1.54, 1.807) is 24.3 Å². The first-order chi connectivity index (χ1) is 12.9. The molecule has 0 radical (unpaired) electrons. The van der Waals surface area contributed by atoms with Crippen LogP contribution in [-0.2, 0) is 21.2 Å². The number of hydrogen-bond acceptors (Lipinski definition) is 4. The lowest BCUT2D eigenvalue weighted by atomic mass is 10.1. The number of amides is 1. The van der Waals surface area contributed by atoms with Gasteiger partial charge in [-0.05, 0) is 36.6 Å². The van der Waals surface area contributed by atoms with E-state index in [0.717, 1.165) is 18.2 Å². The predicted octanol–water partition coefficient (Wildman–Crippen LogP) is 2.78. The first-order valence-corrected chi connectivity index (χ1v) is 10.5. The summed E-state index contributed by atoms with van der Waals surface area (Å²) in [4.78, 5) is 12.1. The number of carbonyl (C=O) groups is 1. The SMILES string of the molecule is CS(=O)(=O)N(CCCc1ccccc1)CCC(=O)Nc1cccc(C#N)c1. The van der Waals surface area contributed by atoms with Crippen molar-refractivity contribution in [1.82, 2.24) is 4.31 Å². The van der Waals surface area contributed by atoms with Crippen molar-refractivity contribution >= 4 is 21.6 Å². The standard InChI is InChI=1S/C20H23N3O3S/c1-27(25,26)23(13-6-10-17-7-3-2-4-8-17)14-12-20(24)22-19-11-5-9-18(15-19)16-21/h2-5,7-9,11,15H,6,10,12-14H2,1H3,(H,22,24). The van der Waals surface area contributed by atoms with Crippen LogP contribution in [0.5, 0.6) is 0 Å². The Balaban J connectivity index is 1.86. The van der Waals surface area contributed by atoms with Crippen LogP contribution in [-0.4, -0.2) is 38.0 Å². The average Bonchev–Trinajstić information content (AvgIpc) is 2.64. The van der Waals surface area contributed by atoms with Crippen LogP contribution in [0, 0.1) is 11.3 Å². The van der Waals surface area contributed by atoms with Gasteiger partial charge in [-0.1, -0.05) is 36.4 Å². The van der Waals surface area contributed by atoms with Crippen molar-refractivity contribution < 1.29 is 13.2 Å². The molecule has 0 aliphatic heterocycles. The minimum absolute atomic E-state index is 0.0508. The summed E-state index contributed by atoms with van der Waals surface area (Å²) in [5.74, 6) is -0.290. The zero-order valence-electron chi connectivity index (χ0n) is 15.3. The molecular formula is C20H23N3O3S. The third kappa shape index (κ3) is 7.21. The second-order valence-electron chi connectivity index (χ2n) is 6.24. The van der Waals surface area contributed by atoms with Crippen LogP contribution in [0.15, 0.2) is 54.6 Å². The molecule has 0 aromatic heterocycles. The number of sulfonamides is 1. The van der Waals surface area contributed by atoms with Crippen LogP contribution in [0.3, 0.4) is 0 Å². The van der Waals surface area contributed by atoms with Crippen molar-refractivity contribution in [2.75, 3.05) is 24.7 Å². The maximum atomic E-state index is 12.1. The predicted molar refractivity (Wildman–Crippen MR) is 106 cm³/mol. The second kappa shape index (κ2) is 9.86. The number of nitriles is 1. The van der Waals surface area contributed by atoms with Crippen molar-refractivity contribution in [2.24, 2.45) is 0 Å². The number of anilines is 1. The fraction of sp³-hybridized carbons (Fsp3) is 0.300. The van der Waals surface area contributed by atoms with E-state index >= 15 is 0 Å². The molecule has 2 aromatic rings. The molecule has 27 heavy (non-hydrogen) atoms. The fourth-order valence-electron chi connectivity index (χ4n) is 2.66. The number of nitrogens with zero attached hydrogens (tertiary/aromatic N) is 2. The van der Waals surface area contributed by atoms with E-state index in [1.165, 1.54) is 4.31 Å². The Morgan fingerprint density at radius 1 is 1.11 bits per heavy atom. The highest BCUT2D eigenvalue weighted by molar-refractivity contribution is 7.88. The smallest absolute Gasteiger partial charge is 0.225 e. The van der Waals surface area contributed by atoms with E-state index < -0.39 is 10.0 Å². The molecule has 1 N–H and O–H groups in total. The lowest BCUT2D eigenvalue weighted by molar-refractivity contribution is -0.116. The van der Waals surface area contributed by atoms with Gasteiger partial charge in [0.1, 0.15) is 0 Å². The van der Waals surface area contributed by atoms with Crippen molar-refractivity contribution in [3.63, 3.8) is 0 Å². The molecule has 0 unspecified atom stereocenters. The molecule has 0 heterocycles. The summed E-state index contributed by atoms with van der Waals surface area (Å²) in [5, 5.41) is 11.6. The molecule has 1 amide bonds. The Labute approximate surface area is 160 Å². The molecule has 0 atom stereocenters. The summed E-state index contributed by atoms with van der Waals surface area (Å²) in [7, 11) is -3.39. The molecule has 142 valence electrons. The van der Waals surface area contributed by atoms with Gasteiger partial charge in [-0.3, -0.25) is 4.79 Å². The Morgan fingerprint density at radius 2 is 1.85 bits per heavy atom. The minimum Gasteiger partial charge on any atom is -0.326 e. The van der Waals surface area contributed by atoms with Gasteiger partial charge in [0.25, 0.3) is 0 Å². The summed E-state index contributed by atoms with van der Waals surface area (Å²) in [6, 6.07) is 18.5. The van der Waals surface area contributed by atoms with Crippen molar-refractivity contribution in [1.29, 1.82) is 5.26 Å². The third-order valence-corrected chi connectivity index (χ3v) is 5.35. The van der Waals surface area contributed by atoms with Gasteiger partial charge in [-0.2, -0.15) is 5.26 Å². The minimum atomic E-state index is -3.39. The van der Waals surface area contributed by atoms with Gasteiger partial charge >= 0.3 is 0 Å². The van der Waals surface area contributed by atoms with Crippen LogP contribution in [0.25, 0.3) is 0 Å². The highest BCUT2D eigenvalue weighted by atomic mass is 32.2. The Kier molecular flexibility index (Phi) is 7.53. The van der Waals surface area contributed by atoms with Crippen molar-refractivity contribution in [3.05, 3.63) is 65.7 Å².